The summed E-state index contributed by atoms with van der Waals surface area (Å²) in [6, 6.07) is 0.907. The van der Waals surface area contributed by atoms with Crippen molar-refractivity contribution in [3.63, 3.8) is 0 Å². The minimum Gasteiger partial charge on any atom is -0.506 e. The largest absolute Gasteiger partial charge is 0.506 e. The third-order valence-corrected chi connectivity index (χ3v) is 4.84. The fourth-order valence-electron chi connectivity index (χ4n) is 2.35. The smallest absolute Gasteiger partial charge is 0.326 e. The Morgan fingerprint density at radius 3 is 2.58 bits per heavy atom. The summed E-state index contributed by atoms with van der Waals surface area (Å²) in [5, 5.41) is 10.00. The topological polar surface area (TPSA) is 133 Å². The van der Waals surface area contributed by atoms with Crippen molar-refractivity contribution in [2.24, 2.45) is 5.73 Å². The lowest BCUT2D eigenvalue weighted by Gasteiger charge is -2.21. The van der Waals surface area contributed by atoms with Crippen LogP contribution in [0.2, 0.25) is 0 Å². The number of nitrogens with one attached hydrogen (secondary N) is 1. The lowest BCUT2D eigenvalue weighted by Crippen LogP contribution is -2.31. The molecule has 0 atom stereocenters. The van der Waals surface area contributed by atoms with Crippen LogP contribution in [0, 0.1) is 5.82 Å². The number of halogens is 1. The van der Waals surface area contributed by atoms with E-state index in [1.807, 2.05) is 0 Å². The van der Waals surface area contributed by atoms with Crippen molar-refractivity contribution in [2.45, 2.75) is 6.42 Å². The van der Waals surface area contributed by atoms with Gasteiger partial charge in [-0.05, 0) is 26.6 Å². The Hall–Kier alpha value is -2.40. The maximum absolute atomic E-state index is 14.9. The summed E-state index contributed by atoms with van der Waals surface area (Å²) in [5.74, 6) is -3.72. The predicted molar refractivity (Wildman–Crippen MR) is 83.2 cm³/mol. The number of amides is 2. The van der Waals surface area contributed by atoms with Crippen LogP contribution in [0.4, 0.5) is 10.1 Å². The van der Waals surface area contributed by atoms with Crippen molar-refractivity contribution < 1.29 is 27.5 Å². The minimum atomic E-state index is -4.31. The molecule has 0 aliphatic carbocycles. The molecule has 0 bridgehead atoms. The van der Waals surface area contributed by atoms with E-state index >= 15 is 0 Å². The highest BCUT2D eigenvalue weighted by molar-refractivity contribution is 7.92. The molecule has 11 heteroatoms. The highest BCUT2D eigenvalue weighted by atomic mass is 32.2. The van der Waals surface area contributed by atoms with Crippen LogP contribution in [0.15, 0.2) is 6.07 Å². The number of carbonyl (C=O) groups is 2. The first-order valence-electron chi connectivity index (χ1n) is 6.86. The van der Waals surface area contributed by atoms with Crippen molar-refractivity contribution in [3.8, 4) is 5.75 Å². The molecule has 2 amide bonds. The first kappa shape index (κ1) is 17.9. The molecule has 0 unspecified atom stereocenters. The van der Waals surface area contributed by atoms with E-state index in [1.54, 1.807) is 23.7 Å². The summed E-state index contributed by atoms with van der Waals surface area (Å²) in [6.07, 6.45) is 0.0552. The minimum absolute atomic E-state index is 0.0552. The summed E-state index contributed by atoms with van der Waals surface area (Å²) >= 11 is 0. The quantitative estimate of drug-likeness (QED) is 0.611. The van der Waals surface area contributed by atoms with Crippen molar-refractivity contribution >= 4 is 27.7 Å². The van der Waals surface area contributed by atoms with Crippen molar-refractivity contribution in [2.75, 3.05) is 31.5 Å². The van der Waals surface area contributed by atoms with E-state index in [2.05, 4.69) is 0 Å². The van der Waals surface area contributed by atoms with E-state index in [0.717, 1.165) is 6.07 Å². The number of primary amides is 1. The maximum atomic E-state index is 14.9. The highest BCUT2D eigenvalue weighted by Crippen LogP contribution is 2.37. The van der Waals surface area contributed by atoms with E-state index in [0.29, 0.717) is 10.8 Å². The van der Waals surface area contributed by atoms with Gasteiger partial charge in [0, 0.05) is 17.7 Å². The zero-order valence-electron chi connectivity index (χ0n) is 13.0. The Balaban J connectivity index is 2.63. The van der Waals surface area contributed by atoms with Crippen molar-refractivity contribution in [1.29, 1.82) is 0 Å². The second-order valence-electron chi connectivity index (χ2n) is 5.54. The molecule has 1 fully saturated rings. The van der Waals surface area contributed by atoms with Gasteiger partial charge in [-0.15, -0.1) is 0 Å². The molecule has 4 N–H and O–H groups in total. The number of nitrogens with two attached hydrogens (primary N) is 1. The highest BCUT2D eigenvalue weighted by Gasteiger charge is 2.38. The monoisotopic (exact) mass is 360 g/mol. The Morgan fingerprint density at radius 1 is 1.50 bits per heavy atom. The lowest BCUT2D eigenvalue weighted by molar-refractivity contribution is -0.117. The normalized spacial score (nSPS) is 16.5. The molecule has 1 heterocycles. The molecule has 1 aliphatic rings. The Bertz CT molecular complexity index is 809. The molecular weight excluding hydrogens is 343 g/mol. The maximum Gasteiger partial charge on any atom is 0.326 e. The number of nitrogens with zero attached hydrogens (tertiary/aromatic N) is 2. The predicted octanol–water partition coefficient (Wildman–Crippen LogP) is -1.08. The van der Waals surface area contributed by atoms with Gasteiger partial charge in [-0.2, -0.15) is 8.42 Å². The second-order valence-corrected chi connectivity index (χ2v) is 7.13. The van der Waals surface area contributed by atoms with Gasteiger partial charge in [-0.25, -0.2) is 13.4 Å². The molecule has 0 saturated carbocycles. The van der Waals surface area contributed by atoms with E-state index in [-0.39, 0.29) is 17.5 Å². The Kier molecular flexibility index (Phi) is 4.67. The molecule has 1 aromatic carbocycles. The van der Waals surface area contributed by atoms with Gasteiger partial charge in [0.05, 0.1) is 0 Å². The van der Waals surface area contributed by atoms with Gasteiger partial charge in [0.25, 0.3) is 5.91 Å². The third kappa shape index (κ3) is 3.26. The summed E-state index contributed by atoms with van der Waals surface area (Å²) in [5.41, 5.74) is 4.15. The number of benzene rings is 1. The molecule has 1 aliphatic heterocycles. The van der Waals surface area contributed by atoms with E-state index in [4.69, 9.17) is 5.73 Å². The molecule has 1 saturated heterocycles. The molecule has 0 aromatic heterocycles. The number of likely N-dealkylation sites (N-methyl/N-ethyl adjacent to an activating group) is 1. The number of aromatic hydroxyl groups is 1. The van der Waals surface area contributed by atoms with Gasteiger partial charge < -0.3 is 15.7 Å². The number of hydrogen-bond donors (Lipinski definition) is 3. The molecule has 24 heavy (non-hydrogen) atoms. The first-order chi connectivity index (χ1) is 11.0. The molecule has 0 radical (unpaired) electrons. The third-order valence-electron chi connectivity index (χ3n) is 3.47. The van der Waals surface area contributed by atoms with Gasteiger partial charge in [0.1, 0.15) is 18.0 Å². The number of rotatable bonds is 5. The standard InChI is InChI=1S/C13H17FN4O5S/c1-17(2)4-3-7-8(13(15)21)5-9(19)12(11(7)14)18-6-10(20)16-24(18,22)23/h5,19H,3-4,6H2,1-2H3,(H2,15,21)(H,16,20). The van der Waals surface area contributed by atoms with Gasteiger partial charge in [0.2, 0.25) is 5.91 Å². The van der Waals surface area contributed by atoms with Crippen LogP contribution >= 0.6 is 0 Å². The van der Waals surface area contributed by atoms with Gasteiger partial charge in [0.15, 0.2) is 5.82 Å². The molecule has 0 spiro atoms. The van der Waals surface area contributed by atoms with Crippen LogP contribution in [0.1, 0.15) is 15.9 Å². The fraction of sp³-hybridized carbons (Fsp3) is 0.385. The number of carbonyl (C=O) groups excluding carboxylic acids is 2. The molecular formula is C13H17FN4O5S. The lowest BCUT2D eigenvalue weighted by atomic mass is 10.0. The zero-order valence-corrected chi connectivity index (χ0v) is 13.9. The summed E-state index contributed by atoms with van der Waals surface area (Å²) in [7, 11) is -0.843. The van der Waals surface area contributed by atoms with Crippen molar-refractivity contribution in [1.82, 2.24) is 9.62 Å². The SMILES string of the molecule is CN(C)CCc1c(C(N)=O)cc(O)c(N2CC(=O)NS2(=O)=O)c1F. The first-order valence-corrected chi connectivity index (χ1v) is 8.30. The fourth-order valence-corrected chi connectivity index (χ4v) is 3.51. The van der Waals surface area contributed by atoms with Crippen molar-refractivity contribution in [3.05, 3.63) is 23.0 Å². The summed E-state index contributed by atoms with van der Waals surface area (Å²) < 4.78 is 40.8. The number of phenols is 1. The van der Waals surface area contributed by atoms with Gasteiger partial charge in [-0.3, -0.25) is 9.59 Å². The van der Waals surface area contributed by atoms with Crippen LogP contribution in [-0.4, -0.2) is 57.4 Å². The molecule has 1 aromatic rings. The number of anilines is 1. The van der Waals surface area contributed by atoms with E-state index in [1.165, 1.54) is 0 Å². The van der Waals surface area contributed by atoms with Crippen LogP contribution in [0.5, 0.6) is 5.75 Å². The molecule has 2 rings (SSSR count). The zero-order chi connectivity index (χ0) is 18.2. The van der Waals surface area contributed by atoms with Gasteiger partial charge in [-0.1, -0.05) is 0 Å². The average Bonchev–Trinajstić information content (AvgIpc) is 2.69. The van der Waals surface area contributed by atoms with E-state index in [9.17, 15) is 27.5 Å². The molecule has 132 valence electrons. The van der Waals surface area contributed by atoms with Crippen LogP contribution in [-0.2, 0) is 21.4 Å². The Morgan fingerprint density at radius 2 is 2.12 bits per heavy atom. The Labute approximate surface area is 138 Å². The summed E-state index contributed by atoms with van der Waals surface area (Å²) in [6.45, 7) is -0.318. The summed E-state index contributed by atoms with van der Waals surface area (Å²) in [4.78, 5) is 24.6. The van der Waals surface area contributed by atoms with Crippen LogP contribution in [0.3, 0.4) is 0 Å². The van der Waals surface area contributed by atoms with Crippen LogP contribution < -0.4 is 14.8 Å². The van der Waals surface area contributed by atoms with Crippen LogP contribution in [0.25, 0.3) is 0 Å². The number of phenolic OH excluding ortho intramolecular Hbond substituents is 1. The average molecular weight is 360 g/mol. The number of hydrogen-bond acceptors (Lipinski definition) is 6. The molecule has 9 nitrogen and oxygen atoms in total. The van der Waals surface area contributed by atoms with Gasteiger partial charge >= 0.3 is 10.2 Å². The second kappa shape index (κ2) is 6.24. The van der Waals surface area contributed by atoms with E-state index < -0.39 is 45.8 Å².